The molecule has 0 amide bonds. The van der Waals surface area contributed by atoms with Crippen LogP contribution in [0.25, 0.3) is 0 Å². The number of fused-ring (bicyclic) bond motifs is 1. The number of hydrogen-bond acceptors (Lipinski definition) is 3. The van der Waals surface area contributed by atoms with E-state index in [1.807, 2.05) is 11.8 Å². The topological polar surface area (TPSA) is 21.3 Å². The Bertz CT molecular complexity index is 456. The van der Waals surface area contributed by atoms with Crippen LogP contribution in [0.5, 0.6) is 5.75 Å². The summed E-state index contributed by atoms with van der Waals surface area (Å²) in [6.45, 7) is 1.15. The lowest BCUT2D eigenvalue weighted by atomic mass is 9.87. The molecule has 2 aliphatic rings. The van der Waals surface area contributed by atoms with Gasteiger partial charge in [-0.1, -0.05) is 6.07 Å². The summed E-state index contributed by atoms with van der Waals surface area (Å²) in [5, 5.41) is 3.81. The maximum Gasteiger partial charge on any atom is 0.119 e. The maximum atomic E-state index is 5.38. The minimum atomic E-state index is 0.517. The van der Waals surface area contributed by atoms with Crippen LogP contribution in [0.3, 0.4) is 0 Å². The lowest BCUT2D eigenvalue weighted by molar-refractivity contribution is 0.408. The van der Waals surface area contributed by atoms with Crippen LogP contribution in [0.4, 0.5) is 0 Å². The van der Waals surface area contributed by atoms with Crippen molar-refractivity contribution in [2.75, 3.05) is 19.9 Å². The molecule has 0 heterocycles. The summed E-state index contributed by atoms with van der Waals surface area (Å²) in [6, 6.07) is 7.07. The van der Waals surface area contributed by atoms with Crippen LogP contribution in [0.2, 0.25) is 0 Å². The minimum Gasteiger partial charge on any atom is -0.497 e. The number of rotatable bonds is 5. The van der Waals surface area contributed by atoms with Gasteiger partial charge in [0.15, 0.2) is 0 Å². The van der Waals surface area contributed by atoms with Crippen LogP contribution in [-0.4, -0.2) is 24.7 Å². The van der Waals surface area contributed by atoms with Gasteiger partial charge in [0.1, 0.15) is 5.75 Å². The molecule has 3 rings (SSSR count). The summed E-state index contributed by atoms with van der Waals surface area (Å²) in [5.74, 6) is 0.985. The number of methoxy groups -OCH3 is 1. The molecule has 1 unspecified atom stereocenters. The van der Waals surface area contributed by atoms with Gasteiger partial charge < -0.3 is 10.1 Å². The molecule has 2 nitrogen and oxygen atoms in total. The summed E-state index contributed by atoms with van der Waals surface area (Å²) in [4.78, 5) is 0. The second kappa shape index (κ2) is 5.37. The third-order valence-electron chi connectivity index (χ3n) is 4.58. The summed E-state index contributed by atoms with van der Waals surface area (Å²) >= 11 is 2.03. The van der Waals surface area contributed by atoms with Gasteiger partial charge in [0.25, 0.3) is 0 Å². The van der Waals surface area contributed by atoms with Crippen molar-refractivity contribution >= 4 is 11.8 Å². The Hall–Kier alpha value is -0.670. The molecule has 1 fully saturated rings. The van der Waals surface area contributed by atoms with Crippen LogP contribution in [0, 0.1) is 0 Å². The highest BCUT2D eigenvalue weighted by atomic mass is 32.2. The van der Waals surface area contributed by atoms with Crippen molar-refractivity contribution in [2.24, 2.45) is 0 Å². The van der Waals surface area contributed by atoms with E-state index in [1.54, 1.807) is 7.11 Å². The number of ether oxygens (including phenoxy) is 1. The SMILES string of the molecule is COc1ccc2c(c1)C(NCC1(SC)CC1)CCC2. The second-order valence-corrected chi connectivity index (χ2v) is 7.05. The van der Waals surface area contributed by atoms with Gasteiger partial charge in [-0.05, 0) is 61.6 Å². The minimum absolute atomic E-state index is 0.517. The first kappa shape index (κ1) is 13.3. The first-order chi connectivity index (χ1) is 9.26. The molecule has 0 radical (unpaired) electrons. The van der Waals surface area contributed by atoms with Gasteiger partial charge in [0, 0.05) is 17.3 Å². The first-order valence-corrected chi connectivity index (χ1v) is 8.44. The van der Waals surface area contributed by atoms with Crippen molar-refractivity contribution < 1.29 is 4.74 Å². The van der Waals surface area contributed by atoms with E-state index in [-0.39, 0.29) is 0 Å². The molecule has 0 aromatic heterocycles. The highest BCUT2D eigenvalue weighted by Gasteiger charge is 2.42. The molecule has 2 aliphatic carbocycles. The molecule has 0 aliphatic heterocycles. The molecule has 1 saturated carbocycles. The Morgan fingerprint density at radius 1 is 1.42 bits per heavy atom. The normalized spacial score (nSPS) is 23.8. The van der Waals surface area contributed by atoms with Gasteiger partial charge in [-0.3, -0.25) is 0 Å². The fourth-order valence-corrected chi connectivity index (χ4v) is 3.76. The van der Waals surface area contributed by atoms with Crippen molar-refractivity contribution in [3.63, 3.8) is 0 Å². The molecule has 3 heteroatoms. The number of thioether (sulfide) groups is 1. The molecule has 0 saturated heterocycles. The van der Waals surface area contributed by atoms with E-state index in [9.17, 15) is 0 Å². The van der Waals surface area contributed by atoms with E-state index in [1.165, 1.54) is 43.2 Å². The van der Waals surface area contributed by atoms with E-state index in [4.69, 9.17) is 4.74 Å². The van der Waals surface area contributed by atoms with E-state index in [0.29, 0.717) is 10.8 Å². The molecule has 1 aromatic rings. The van der Waals surface area contributed by atoms with Crippen molar-refractivity contribution in [1.29, 1.82) is 0 Å². The number of nitrogens with one attached hydrogen (secondary N) is 1. The molecular formula is C16H23NOS. The quantitative estimate of drug-likeness (QED) is 0.889. The van der Waals surface area contributed by atoms with Crippen LogP contribution in [-0.2, 0) is 6.42 Å². The maximum absolute atomic E-state index is 5.38. The summed E-state index contributed by atoms with van der Waals surface area (Å²) in [6.07, 6.45) is 8.75. The Morgan fingerprint density at radius 3 is 2.95 bits per heavy atom. The van der Waals surface area contributed by atoms with Gasteiger partial charge in [0.05, 0.1) is 7.11 Å². The molecule has 104 valence electrons. The van der Waals surface area contributed by atoms with Crippen molar-refractivity contribution in [3.8, 4) is 5.75 Å². The van der Waals surface area contributed by atoms with Crippen molar-refractivity contribution in [2.45, 2.75) is 42.9 Å². The standard InChI is InChI=1S/C16H23NOS/c1-18-13-7-6-12-4-3-5-15(14(12)10-13)17-11-16(19-2)8-9-16/h6-7,10,15,17H,3-5,8-9,11H2,1-2H3. The van der Waals surface area contributed by atoms with Crippen LogP contribution in [0.15, 0.2) is 18.2 Å². The van der Waals surface area contributed by atoms with E-state index >= 15 is 0 Å². The van der Waals surface area contributed by atoms with Gasteiger partial charge >= 0.3 is 0 Å². The van der Waals surface area contributed by atoms with Crippen LogP contribution >= 0.6 is 11.8 Å². The number of hydrogen-bond donors (Lipinski definition) is 1. The zero-order chi connectivity index (χ0) is 13.3. The number of aryl methyl sites for hydroxylation is 1. The summed E-state index contributed by atoms with van der Waals surface area (Å²) in [7, 11) is 1.75. The largest absolute Gasteiger partial charge is 0.497 e. The Morgan fingerprint density at radius 2 is 2.26 bits per heavy atom. The Labute approximate surface area is 120 Å². The lowest BCUT2D eigenvalue weighted by Crippen LogP contribution is -2.32. The zero-order valence-electron chi connectivity index (χ0n) is 11.9. The average molecular weight is 277 g/mol. The number of benzene rings is 1. The van der Waals surface area contributed by atoms with Crippen molar-refractivity contribution in [1.82, 2.24) is 5.32 Å². The molecule has 1 N–H and O–H groups in total. The lowest BCUT2D eigenvalue weighted by Gasteiger charge is -2.28. The smallest absolute Gasteiger partial charge is 0.119 e. The summed E-state index contributed by atoms with van der Waals surface area (Å²) < 4.78 is 5.91. The fourth-order valence-electron chi connectivity index (χ4n) is 3.02. The third kappa shape index (κ3) is 2.77. The van der Waals surface area contributed by atoms with Gasteiger partial charge in [0.2, 0.25) is 0 Å². The van der Waals surface area contributed by atoms with Gasteiger partial charge in [-0.25, -0.2) is 0 Å². The highest BCUT2D eigenvalue weighted by molar-refractivity contribution is 8.00. The zero-order valence-corrected chi connectivity index (χ0v) is 12.7. The highest BCUT2D eigenvalue weighted by Crippen LogP contribution is 2.47. The van der Waals surface area contributed by atoms with Crippen LogP contribution < -0.4 is 10.1 Å². The average Bonchev–Trinajstić information content (AvgIpc) is 3.25. The summed E-state index contributed by atoms with van der Waals surface area (Å²) in [5.41, 5.74) is 2.96. The van der Waals surface area contributed by atoms with E-state index in [0.717, 1.165) is 12.3 Å². The van der Waals surface area contributed by atoms with E-state index < -0.39 is 0 Å². The Kier molecular flexibility index (Phi) is 3.77. The van der Waals surface area contributed by atoms with Crippen LogP contribution in [0.1, 0.15) is 42.9 Å². The second-order valence-electron chi connectivity index (χ2n) is 5.78. The third-order valence-corrected chi connectivity index (χ3v) is 6.00. The fraction of sp³-hybridized carbons (Fsp3) is 0.625. The molecule has 19 heavy (non-hydrogen) atoms. The Balaban J connectivity index is 1.73. The molecule has 0 spiro atoms. The predicted molar refractivity (Wildman–Crippen MR) is 82.2 cm³/mol. The van der Waals surface area contributed by atoms with E-state index in [2.05, 4.69) is 29.8 Å². The van der Waals surface area contributed by atoms with Gasteiger partial charge in [-0.15, -0.1) is 0 Å². The first-order valence-electron chi connectivity index (χ1n) is 7.22. The van der Waals surface area contributed by atoms with Crippen molar-refractivity contribution in [3.05, 3.63) is 29.3 Å². The molecule has 0 bridgehead atoms. The van der Waals surface area contributed by atoms with Gasteiger partial charge in [-0.2, -0.15) is 11.8 Å². The monoisotopic (exact) mass is 277 g/mol. The predicted octanol–water partition coefficient (Wildman–Crippen LogP) is 3.56. The molecule has 1 aromatic carbocycles. The molecular weight excluding hydrogens is 254 g/mol. The molecule has 1 atom stereocenters.